The second-order valence-electron chi connectivity index (χ2n) is 5.00. The van der Waals surface area contributed by atoms with Gasteiger partial charge in [-0.05, 0) is 12.1 Å². The van der Waals surface area contributed by atoms with Gasteiger partial charge in [-0.3, -0.25) is 4.79 Å². The summed E-state index contributed by atoms with van der Waals surface area (Å²) in [5.41, 5.74) is -3.60. The molecule has 0 unspecified atom stereocenters. The Morgan fingerprint density at radius 3 is 0.967 bits per heavy atom. The van der Waals surface area contributed by atoms with Gasteiger partial charge in [0, 0.05) is 33.4 Å². The summed E-state index contributed by atoms with van der Waals surface area (Å²) in [6, 6.07) is 5.09. The smallest absolute Gasteiger partial charge is 0.545 e. The minimum absolute atomic E-state index is 0. The van der Waals surface area contributed by atoms with Crippen LogP contribution in [0.1, 0.15) is 57.4 Å². The third-order valence-electron chi connectivity index (χ3n) is 3.44. The molecule has 2 rings (SSSR count). The number of hydrogen-bond acceptors (Lipinski definition) is 9. The quantitative estimate of drug-likeness (QED) is 0.308. The average molecular weight is 446 g/mol. The van der Waals surface area contributed by atoms with Crippen molar-refractivity contribution in [3.63, 3.8) is 0 Å². The Hall–Kier alpha value is -0.01000. The second kappa shape index (κ2) is 14.9. The maximum Gasteiger partial charge on any atom is 1.00 e. The van der Waals surface area contributed by atoms with Crippen molar-refractivity contribution in [2.75, 3.05) is 0 Å². The van der Waals surface area contributed by atoms with Crippen molar-refractivity contribution in [2.45, 2.75) is 0 Å². The fourth-order valence-corrected chi connectivity index (χ4v) is 2.23. The first-order chi connectivity index (χ1) is 12.1. The molecule has 9 nitrogen and oxygen atoms in total. The molecule has 0 saturated heterocycles. The fraction of sp³-hybridized carbons (Fsp3) is 0. The van der Waals surface area contributed by atoms with Gasteiger partial charge in [0.1, 0.15) is 0 Å². The molecule has 0 amide bonds. The van der Waals surface area contributed by atoms with Crippen molar-refractivity contribution < 1.29 is 163 Å². The summed E-state index contributed by atoms with van der Waals surface area (Å²) in [6.45, 7) is 0. The van der Waals surface area contributed by atoms with E-state index >= 15 is 0 Å². The number of carbonyl (C=O) groups is 5. The van der Waals surface area contributed by atoms with Crippen molar-refractivity contribution in [3.05, 3.63) is 69.8 Å². The first kappa shape index (κ1) is 34.6. The number of aromatic carboxylic acids is 4. The third kappa shape index (κ3) is 8.16. The number of carboxylic acids is 4. The zero-order valence-corrected chi connectivity index (χ0v) is 24.6. The first-order valence-corrected chi connectivity index (χ1v) is 6.81. The molecule has 0 radical (unpaired) electrons. The van der Waals surface area contributed by atoms with Gasteiger partial charge in [0.05, 0.1) is 23.9 Å². The summed E-state index contributed by atoms with van der Waals surface area (Å²) in [5, 5.41) is 43.8. The van der Waals surface area contributed by atoms with Crippen LogP contribution in [0.5, 0.6) is 0 Å². The summed E-state index contributed by atoms with van der Waals surface area (Å²) in [5.74, 6) is -8.19. The Labute approximate surface area is 258 Å². The predicted octanol–water partition coefficient (Wildman–Crippen LogP) is -15.6. The summed E-state index contributed by atoms with van der Waals surface area (Å²) < 4.78 is 0. The second-order valence-corrected chi connectivity index (χ2v) is 5.00. The third-order valence-corrected chi connectivity index (χ3v) is 3.44. The zero-order valence-electron chi connectivity index (χ0n) is 16.6. The molecular weight excluding hydrogens is 440 g/mol. The molecule has 30 heavy (non-hydrogen) atoms. The molecule has 0 aliphatic rings. The monoisotopic (exact) mass is 446 g/mol. The van der Waals surface area contributed by atoms with E-state index in [4.69, 9.17) is 0 Å². The van der Waals surface area contributed by atoms with Crippen LogP contribution in [0, 0.1) is 0 Å². The molecule has 0 bridgehead atoms. The number of carboxylic acid groups (broad SMARTS) is 4. The SMILES string of the molecule is O=C(c1ccc(C(=O)[O-])c(C(=O)[O-])c1)c1ccc(C(=O)[O-])c(C(=O)[O-])c1.[Na+].[Na+].[Na+].[Na+]. The van der Waals surface area contributed by atoms with E-state index in [1.165, 1.54) is 0 Å². The first-order valence-electron chi connectivity index (χ1n) is 6.81. The van der Waals surface area contributed by atoms with Crippen molar-refractivity contribution in [1.82, 2.24) is 0 Å². The number of carbonyl (C=O) groups excluding carboxylic acids is 5. The Morgan fingerprint density at radius 2 is 0.733 bits per heavy atom. The van der Waals surface area contributed by atoms with Gasteiger partial charge in [-0.1, -0.05) is 24.3 Å². The summed E-state index contributed by atoms with van der Waals surface area (Å²) >= 11 is 0. The van der Waals surface area contributed by atoms with Crippen molar-refractivity contribution >= 4 is 29.7 Å². The average Bonchev–Trinajstić information content (AvgIpc) is 2.59. The van der Waals surface area contributed by atoms with E-state index in [1.54, 1.807) is 0 Å². The molecule has 0 atom stereocenters. The van der Waals surface area contributed by atoms with Crippen LogP contribution >= 0.6 is 0 Å². The molecule has 0 aromatic heterocycles. The minimum Gasteiger partial charge on any atom is -0.545 e. The van der Waals surface area contributed by atoms with Gasteiger partial charge in [-0.2, -0.15) is 0 Å². The fourth-order valence-electron chi connectivity index (χ4n) is 2.23. The van der Waals surface area contributed by atoms with Gasteiger partial charge in [0.2, 0.25) is 0 Å². The normalized spacial score (nSPS) is 8.80. The Bertz CT molecular complexity index is 912. The molecule has 0 aliphatic carbocycles. The standard InChI is InChI=1S/C17H10O9.4Na/c18-13(7-1-3-9(14(19)20)11(5-7)16(23)24)8-2-4-10(15(21)22)12(6-8)17(25)26;;;;/h1-6H,(H,19,20)(H,21,22)(H,23,24)(H,25,26);;;;/q;4*+1/p-4. The largest absolute Gasteiger partial charge is 1.00 e. The van der Waals surface area contributed by atoms with Crippen molar-refractivity contribution in [1.29, 1.82) is 0 Å². The molecule has 13 heteroatoms. The van der Waals surface area contributed by atoms with E-state index in [2.05, 4.69) is 0 Å². The molecule has 0 aliphatic heterocycles. The van der Waals surface area contributed by atoms with Crippen LogP contribution in [-0.2, 0) is 0 Å². The van der Waals surface area contributed by atoms with E-state index in [0.717, 1.165) is 36.4 Å². The summed E-state index contributed by atoms with van der Waals surface area (Å²) in [4.78, 5) is 56.2. The number of rotatable bonds is 6. The maximum atomic E-state index is 12.4. The topological polar surface area (TPSA) is 178 Å². The molecule has 2 aromatic rings. The van der Waals surface area contributed by atoms with Gasteiger partial charge in [0.25, 0.3) is 0 Å². The van der Waals surface area contributed by atoms with E-state index in [9.17, 15) is 44.4 Å². The van der Waals surface area contributed by atoms with Crippen LogP contribution in [0.15, 0.2) is 36.4 Å². The van der Waals surface area contributed by atoms with Crippen LogP contribution < -0.4 is 139 Å². The Balaban J connectivity index is -0.00000182. The van der Waals surface area contributed by atoms with E-state index in [-0.39, 0.29) is 129 Å². The van der Waals surface area contributed by atoms with Crippen LogP contribution in [0.3, 0.4) is 0 Å². The number of hydrogen-bond donors (Lipinski definition) is 0. The van der Waals surface area contributed by atoms with Crippen LogP contribution in [0.2, 0.25) is 0 Å². The molecule has 0 N–H and O–H groups in total. The number of benzene rings is 2. The van der Waals surface area contributed by atoms with Gasteiger partial charge >= 0.3 is 118 Å². The summed E-state index contributed by atoms with van der Waals surface area (Å²) in [7, 11) is 0. The molecule has 0 fully saturated rings. The molecule has 2 aromatic carbocycles. The molecule has 0 saturated carbocycles. The van der Waals surface area contributed by atoms with Crippen LogP contribution in [0.4, 0.5) is 0 Å². The van der Waals surface area contributed by atoms with Crippen molar-refractivity contribution in [2.24, 2.45) is 0 Å². The molecular formula is C17H6Na4O9. The van der Waals surface area contributed by atoms with E-state index in [0.29, 0.717) is 0 Å². The zero-order chi connectivity index (χ0) is 19.6. The minimum atomic E-state index is -1.86. The van der Waals surface area contributed by atoms with Gasteiger partial charge < -0.3 is 39.6 Å². The molecule has 0 heterocycles. The molecule has 0 spiro atoms. The maximum absolute atomic E-state index is 12.4. The Morgan fingerprint density at radius 1 is 0.467 bits per heavy atom. The molecule has 132 valence electrons. The Kier molecular flexibility index (Phi) is 17.2. The van der Waals surface area contributed by atoms with E-state index in [1.807, 2.05) is 0 Å². The predicted molar refractivity (Wildman–Crippen MR) is 73.6 cm³/mol. The van der Waals surface area contributed by atoms with Gasteiger partial charge in [-0.15, -0.1) is 0 Å². The number of ketones is 1. The van der Waals surface area contributed by atoms with Crippen molar-refractivity contribution in [3.8, 4) is 0 Å². The summed E-state index contributed by atoms with van der Waals surface area (Å²) in [6.07, 6.45) is 0. The van der Waals surface area contributed by atoms with Gasteiger partial charge in [-0.25, -0.2) is 0 Å². The van der Waals surface area contributed by atoms with Gasteiger partial charge in [0.15, 0.2) is 5.78 Å². The van der Waals surface area contributed by atoms with Crippen LogP contribution in [-0.4, -0.2) is 29.7 Å². The van der Waals surface area contributed by atoms with E-state index < -0.39 is 51.9 Å². The van der Waals surface area contributed by atoms with Crippen LogP contribution in [0.25, 0.3) is 0 Å².